The molecule has 1 rings (SSSR count). The van der Waals surface area contributed by atoms with Crippen molar-refractivity contribution in [2.45, 2.75) is 46.0 Å². The van der Waals surface area contributed by atoms with Crippen LogP contribution in [0.3, 0.4) is 0 Å². The van der Waals surface area contributed by atoms with Crippen molar-refractivity contribution in [3.63, 3.8) is 0 Å². The summed E-state index contributed by atoms with van der Waals surface area (Å²) in [7, 11) is 0. The third-order valence-corrected chi connectivity index (χ3v) is 2.70. The molecular weight excluding hydrogens is 228 g/mol. The Kier molecular flexibility index (Phi) is 6.19. The van der Waals surface area contributed by atoms with Crippen LogP contribution in [0.4, 0.5) is 5.82 Å². The van der Waals surface area contributed by atoms with Crippen molar-refractivity contribution < 1.29 is 9.90 Å². The number of carbonyl (C=O) groups excluding carboxylic acids is 1. The minimum atomic E-state index is -0.0160. The van der Waals surface area contributed by atoms with E-state index in [-0.39, 0.29) is 11.7 Å². The number of nitrogens with zero attached hydrogens (tertiary/aromatic N) is 1. The quantitative estimate of drug-likeness (QED) is 0.730. The fourth-order valence-corrected chi connectivity index (χ4v) is 1.68. The first-order chi connectivity index (χ1) is 8.58. The summed E-state index contributed by atoms with van der Waals surface area (Å²) in [5.74, 6) is 1.31. The molecule has 4 nitrogen and oxygen atoms in total. The Bertz CT molecular complexity index is 361. The highest BCUT2D eigenvalue weighted by atomic mass is 16.3. The average Bonchev–Trinajstić information content (AvgIpc) is 2.31. The summed E-state index contributed by atoms with van der Waals surface area (Å²) in [6, 6.07) is 3.09. The van der Waals surface area contributed by atoms with E-state index in [1.807, 2.05) is 0 Å². The van der Waals surface area contributed by atoms with Gasteiger partial charge >= 0.3 is 0 Å². The van der Waals surface area contributed by atoms with Gasteiger partial charge in [0.15, 0.2) is 0 Å². The Morgan fingerprint density at radius 3 is 2.72 bits per heavy atom. The monoisotopic (exact) mass is 250 g/mol. The van der Waals surface area contributed by atoms with E-state index >= 15 is 0 Å². The van der Waals surface area contributed by atoms with Crippen LogP contribution in [0.5, 0.6) is 5.75 Å². The molecule has 1 aromatic heterocycles. The third-order valence-electron chi connectivity index (χ3n) is 2.70. The summed E-state index contributed by atoms with van der Waals surface area (Å²) in [4.78, 5) is 15.5. The van der Waals surface area contributed by atoms with Crippen molar-refractivity contribution in [1.82, 2.24) is 4.98 Å². The topological polar surface area (TPSA) is 62.2 Å². The number of aromatic nitrogens is 1. The molecule has 1 heterocycles. The maximum atomic E-state index is 11.6. The molecule has 0 unspecified atom stereocenters. The Morgan fingerprint density at radius 1 is 1.33 bits per heavy atom. The van der Waals surface area contributed by atoms with E-state index in [9.17, 15) is 4.79 Å². The van der Waals surface area contributed by atoms with Crippen LogP contribution in [-0.4, -0.2) is 16.0 Å². The lowest BCUT2D eigenvalue weighted by molar-refractivity contribution is -0.116. The largest absolute Gasteiger partial charge is 0.506 e. The van der Waals surface area contributed by atoms with Crippen molar-refractivity contribution >= 4 is 11.7 Å². The fraction of sp³-hybridized carbons (Fsp3) is 0.571. The van der Waals surface area contributed by atoms with Gasteiger partial charge in [-0.2, -0.15) is 0 Å². The summed E-state index contributed by atoms with van der Waals surface area (Å²) in [5.41, 5.74) is 0. The molecule has 0 atom stereocenters. The molecule has 0 aliphatic rings. The smallest absolute Gasteiger partial charge is 0.225 e. The van der Waals surface area contributed by atoms with Gasteiger partial charge in [0.05, 0.1) is 6.20 Å². The second kappa shape index (κ2) is 7.69. The summed E-state index contributed by atoms with van der Waals surface area (Å²) in [5, 5.41) is 11.8. The zero-order valence-electron chi connectivity index (χ0n) is 11.1. The van der Waals surface area contributed by atoms with Crippen molar-refractivity contribution in [3.8, 4) is 5.75 Å². The second-order valence-corrected chi connectivity index (χ2v) is 4.94. The maximum absolute atomic E-state index is 11.6. The lowest BCUT2D eigenvalue weighted by atomic mass is 10.0. The van der Waals surface area contributed by atoms with Gasteiger partial charge in [0, 0.05) is 6.42 Å². The standard InChI is InChI=1S/C14H22N2O2/c1-11(2)6-4-3-5-7-14(18)16-13-9-8-12(17)10-15-13/h8-11,17H,3-7H2,1-2H3,(H,15,16,18). The molecule has 100 valence electrons. The van der Waals surface area contributed by atoms with E-state index in [1.54, 1.807) is 6.07 Å². The van der Waals surface area contributed by atoms with E-state index in [0.717, 1.165) is 18.8 Å². The molecule has 0 fully saturated rings. The predicted molar refractivity (Wildman–Crippen MR) is 72.5 cm³/mol. The van der Waals surface area contributed by atoms with Gasteiger partial charge in [-0.25, -0.2) is 4.98 Å². The van der Waals surface area contributed by atoms with Gasteiger partial charge < -0.3 is 10.4 Å². The van der Waals surface area contributed by atoms with Gasteiger partial charge in [-0.05, 0) is 24.5 Å². The first kappa shape index (κ1) is 14.5. The molecule has 2 N–H and O–H groups in total. The van der Waals surface area contributed by atoms with Gasteiger partial charge in [0.25, 0.3) is 0 Å². The Hall–Kier alpha value is -1.58. The molecule has 0 saturated heterocycles. The highest BCUT2D eigenvalue weighted by molar-refractivity contribution is 5.89. The Labute approximate surface area is 108 Å². The molecule has 0 radical (unpaired) electrons. The summed E-state index contributed by atoms with van der Waals surface area (Å²) in [6.45, 7) is 4.42. The molecule has 4 heteroatoms. The number of amides is 1. The molecular formula is C14H22N2O2. The van der Waals surface area contributed by atoms with E-state index in [1.165, 1.54) is 25.1 Å². The van der Waals surface area contributed by atoms with Crippen molar-refractivity contribution in [3.05, 3.63) is 18.3 Å². The summed E-state index contributed by atoms with van der Waals surface area (Å²) >= 11 is 0. The average molecular weight is 250 g/mol. The van der Waals surface area contributed by atoms with E-state index in [2.05, 4.69) is 24.1 Å². The van der Waals surface area contributed by atoms with Crippen LogP contribution in [0.1, 0.15) is 46.0 Å². The van der Waals surface area contributed by atoms with Gasteiger partial charge in [0.1, 0.15) is 11.6 Å². The molecule has 1 amide bonds. The van der Waals surface area contributed by atoms with Crippen LogP contribution in [0.25, 0.3) is 0 Å². The van der Waals surface area contributed by atoms with Gasteiger partial charge in [-0.1, -0.05) is 33.1 Å². The molecule has 0 aliphatic heterocycles. The SMILES string of the molecule is CC(C)CCCCCC(=O)Nc1ccc(O)cn1. The van der Waals surface area contributed by atoms with Gasteiger partial charge in [-0.15, -0.1) is 0 Å². The molecule has 0 aliphatic carbocycles. The van der Waals surface area contributed by atoms with Crippen molar-refractivity contribution in [2.75, 3.05) is 5.32 Å². The number of aromatic hydroxyl groups is 1. The maximum Gasteiger partial charge on any atom is 0.225 e. The number of hydrogen-bond acceptors (Lipinski definition) is 3. The normalized spacial score (nSPS) is 10.6. The number of unbranched alkanes of at least 4 members (excludes halogenated alkanes) is 2. The minimum absolute atomic E-state index is 0.0160. The van der Waals surface area contributed by atoms with Crippen LogP contribution in [-0.2, 0) is 4.79 Å². The van der Waals surface area contributed by atoms with E-state index in [4.69, 9.17) is 5.11 Å². The highest BCUT2D eigenvalue weighted by Crippen LogP contribution is 2.12. The number of carbonyl (C=O) groups is 1. The first-order valence-electron chi connectivity index (χ1n) is 6.53. The summed E-state index contributed by atoms with van der Waals surface area (Å²) in [6.07, 6.45) is 6.26. The van der Waals surface area contributed by atoms with Crippen molar-refractivity contribution in [2.24, 2.45) is 5.92 Å². The number of nitrogens with one attached hydrogen (secondary N) is 1. The zero-order chi connectivity index (χ0) is 13.4. The lowest BCUT2D eigenvalue weighted by Gasteiger charge is -2.05. The number of hydrogen-bond donors (Lipinski definition) is 2. The van der Waals surface area contributed by atoms with E-state index < -0.39 is 0 Å². The van der Waals surface area contributed by atoms with Crippen LogP contribution < -0.4 is 5.32 Å². The number of anilines is 1. The minimum Gasteiger partial charge on any atom is -0.506 e. The van der Waals surface area contributed by atoms with Crippen LogP contribution >= 0.6 is 0 Å². The van der Waals surface area contributed by atoms with Crippen LogP contribution in [0.2, 0.25) is 0 Å². The molecule has 1 aromatic rings. The Balaban J connectivity index is 2.16. The summed E-state index contributed by atoms with van der Waals surface area (Å²) < 4.78 is 0. The van der Waals surface area contributed by atoms with Crippen LogP contribution in [0.15, 0.2) is 18.3 Å². The fourth-order valence-electron chi connectivity index (χ4n) is 1.68. The second-order valence-electron chi connectivity index (χ2n) is 4.94. The third kappa shape index (κ3) is 6.23. The van der Waals surface area contributed by atoms with Crippen LogP contribution in [0, 0.1) is 5.92 Å². The van der Waals surface area contributed by atoms with Gasteiger partial charge in [-0.3, -0.25) is 4.79 Å². The molecule has 0 aromatic carbocycles. The number of pyridine rings is 1. The number of rotatable bonds is 7. The first-order valence-corrected chi connectivity index (χ1v) is 6.53. The Morgan fingerprint density at radius 2 is 2.11 bits per heavy atom. The van der Waals surface area contributed by atoms with Crippen molar-refractivity contribution in [1.29, 1.82) is 0 Å². The van der Waals surface area contributed by atoms with Gasteiger partial charge in [0.2, 0.25) is 5.91 Å². The zero-order valence-corrected chi connectivity index (χ0v) is 11.1. The van der Waals surface area contributed by atoms with E-state index in [0.29, 0.717) is 12.2 Å². The lowest BCUT2D eigenvalue weighted by Crippen LogP contribution is -2.11. The predicted octanol–water partition coefficient (Wildman–Crippen LogP) is 3.33. The molecule has 0 spiro atoms. The molecule has 18 heavy (non-hydrogen) atoms. The molecule has 0 saturated carbocycles. The molecule has 0 bridgehead atoms. The highest BCUT2D eigenvalue weighted by Gasteiger charge is 2.03.